The summed E-state index contributed by atoms with van der Waals surface area (Å²) in [6.07, 6.45) is 13.6. The van der Waals surface area contributed by atoms with E-state index in [9.17, 15) is 8.78 Å². The van der Waals surface area contributed by atoms with Gasteiger partial charge < -0.3 is 0 Å². The first kappa shape index (κ1) is 21.9. The quantitative estimate of drug-likeness (QED) is 0.237. The molecule has 0 radical (unpaired) electrons. The lowest BCUT2D eigenvalue weighted by Crippen LogP contribution is -2.37. The predicted molar refractivity (Wildman–Crippen MR) is 113 cm³/mol. The first-order valence-corrected chi connectivity index (χ1v) is 12.2. The van der Waals surface area contributed by atoms with Crippen molar-refractivity contribution < 1.29 is 8.78 Å². The second-order valence-corrected chi connectivity index (χ2v) is 10.7. The first-order valence-electron chi connectivity index (χ1n) is 10.9. The lowest BCUT2D eigenvalue weighted by molar-refractivity contribution is 0.0229. The minimum Gasteiger partial charge on any atom is -0.244 e. The third kappa shape index (κ3) is 7.25. The third-order valence-corrected chi connectivity index (χ3v) is 8.18. The highest BCUT2D eigenvalue weighted by Crippen LogP contribution is 2.39. The van der Waals surface area contributed by atoms with Gasteiger partial charge in [-0.1, -0.05) is 87.8 Å². The highest BCUT2D eigenvalue weighted by molar-refractivity contribution is 14.1. The molecule has 2 rings (SSSR count). The van der Waals surface area contributed by atoms with Crippen LogP contribution >= 0.6 is 22.6 Å². The van der Waals surface area contributed by atoms with Crippen molar-refractivity contribution in [2.24, 2.45) is 23.7 Å². The summed E-state index contributed by atoms with van der Waals surface area (Å²) in [5.74, 6) is 1.61. The van der Waals surface area contributed by atoms with E-state index in [1.165, 1.54) is 57.8 Å². The minimum atomic E-state index is -1.22. The predicted octanol–water partition coefficient (Wildman–Crippen LogP) is 8.07. The molecule has 0 aromatic carbocycles. The zero-order valence-electron chi connectivity index (χ0n) is 16.4. The number of rotatable bonds is 9. The molecular weight excluding hydrogens is 429 g/mol. The molecule has 0 nitrogen and oxygen atoms in total. The topological polar surface area (TPSA) is 0 Å². The van der Waals surface area contributed by atoms with Crippen LogP contribution in [0.1, 0.15) is 97.3 Å². The van der Waals surface area contributed by atoms with Gasteiger partial charge in [0.1, 0.15) is 12.3 Å². The van der Waals surface area contributed by atoms with Crippen LogP contribution in [-0.4, -0.2) is 16.3 Å². The van der Waals surface area contributed by atoms with Crippen LogP contribution < -0.4 is 0 Å². The zero-order valence-corrected chi connectivity index (χ0v) is 18.5. The summed E-state index contributed by atoms with van der Waals surface area (Å²) in [6, 6.07) is 0. The molecule has 5 unspecified atom stereocenters. The zero-order chi connectivity index (χ0) is 18.2. The molecule has 0 aromatic rings. The third-order valence-electron chi connectivity index (χ3n) is 6.93. The molecule has 25 heavy (non-hydrogen) atoms. The van der Waals surface area contributed by atoms with Crippen molar-refractivity contribution in [3.05, 3.63) is 0 Å². The smallest absolute Gasteiger partial charge is 0.134 e. The standard InChI is InChI=1S/C22H39F2I/c1-3-5-20(25)7-4-6-17-9-11-18(12-10-17)13-15-19-14-8-16(2)21(23)22(19)24/h16-22H,3-15H2,1-2H3. The van der Waals surface area contributed by atoms with Crippen LogP contribution in [0, 0.1) is 23.7 Å². The van der Waals surface area contributed by atoms with E-state index in [1.807, 2.05) is 6.92 Å². The average molecular weight is 468 g/mol. The van der Waals surface area contributed by atoms with Crippen LogP contribution in [0.2, 0.25) is 0 Å². The molecule has 3 heteroatoms. The van der Waals surface area contributed by atoms with Gasteiger partial charge in [-0.05, 0) is 55.8 Å². The largest absolute Gasteiger partial charge is 0.244 e. The van der Waals surface area contributed by atoms with E-state index in [0.717, 1.165) is 41.4 Å². The fraction of sp³-hybridized carbons (Fsp3) is 1.00. The van der Waals surface area contributed by atoms with E-state index in [2.05, 4.69) is 29.5 Å². The van der Waals surface area contributed by atoms with Gasteiger partial charge in [0.15, 0.2) is 0 Å². The SMILES string of the molecule is CCCC(I)CCCC1CCC(CCC2CCC(C)C(F)C2F)CC1. The summed E-state index contributed by atoms with van der Waals surface area (Å²) in [5.41, 5.74) is 0. The Morgan fingerprint density at radius 3 is 2.12 bits per heavy atom. The Hall–Kier alpha value is 0.590. The molecule has 5 atom stereocenters. The average Bonchev–Trinajstić information content (AvgIpc) is 2.60. The van der Waals surface area contributed by atoms with E-state index in [0.29, 0.717) is 0 Å². The van der Waals surface area contributed by atoms with Crippen LogP contribution in [-0.2, 0) is 0 Å². The fourth-order valence-corrected chi connectivity index (χ4v) is 6.08. The fourth-order valence-electron chi connectivity index (χ4n) is 5.02. The molecule has 0 spiro atoms. The van der Waals surface area contributed by atoms with Crippen molar-refractivity contribution in [2.75, 3.05) is 0 Å². The van der Waals surface area contributed by atoms with E-state index >= 15 is 0 Å². The number of alkyl halides is 3. The van der Waals surface area contributed by atoms with Crippen molar-refractivity contribution in [1.29, 1.82) is 0 Å². The molecule has 148 valence electrons. The maximum Gasteiger partial charge on any atom is 0.134 e. The molecule has 0 heterocycles. The van der Waals surface area contributed by atoms with Crippen LogP contribution in [0.3, 0.4) is 0 Å². The van der Waals surface area contributed by atoms with Crippen LogP contribution in [0.4, 0.5) is 8.78 Å². The maximum atomic E-state index is 14.2. The Kier molecular flexibility index (Phi) is 10.0. The Morgan fingerprint density at radius 1 is 0.840 bits per heavy atom. The Balaban J connectivity index is 1.58. The van der Waals surface area contributed by atoms with E-state index in [1.54, 1.807) is 0 Å². The summed E-state index contributed by atoms with van der Waals surface area (Å²) < 4.78 is 28.9. The molecule has 0 saturated heterocycles. The normalized spacial score (nSPS) is 37.8. The van der Waals surface area contributed by atoms with Crippen molar-refractivity contribution in [3.63, 3.8) is 0 Å². The van der Waals surface area contributed by atoms with Crippen LogP contribution in [0.15, 0.2) is 0 Å². The lowest BCUT2D eigenvalue weighted by atomic mass is 9.74. The van der Waals surface area contributed by atoms with E-state index < -0.39 is 12.3 Å². The maximum absolute atomic E-state index is 14.2. The Morgan fingerprint density at radius 2 is 1.48 bits per heavy atom. The van der Waals surface area contributed by atoms with Gasteiger partial charge in [-0.2, -0.15) is 0 Å². The number of hydrogen-bond donors (Lipinski definition) is 0. The highest BCUT2D eigenvalue weighted by Gasteiger charge is 2.38. The van der Waals surface area contributed by atoms with Gasteiger partial charge in [0.25, 0.3) is 0 Å². The van der Waals surface area contributed by atoms with Gasteiger partial charge in [-0.15, -0.1) is 0 Å². The molecular formula is C22H39F2I. The van der Waals surface area contributed by atoms with Gasteiger partial charge in [-0.3, -0.25) is 0 Å². The van der Waals surface area contributed by atoms with Gasteiger partial charge in [0.05, 0.1) is 0 Å². The van der Waals surface area contributed by atoms with E-state index in [4.69, 9.17) is 0 Å². The minimum absolute atomic E-state index is 0.0110. The number of hydrogen-bond acceptors (Lipinski definition) is 0. The summed E-state index contributed by atoms with van der Waals surface area (Å²) in [5, 5.41) is 0. The summed E-state index contributed by atoms with van der Waals surface area (Å²) in [6.45, 7) is 4.14. The monoisotopic (exact) mass is 468 g/mol. The molecule has 2 fully saturated rings. The molecule has 0 aromatic heterocycles. The van der Waals surface area contributed by atoms with Crippen LogP contribution in [0.25, 0.3) is 0 Å². The van der Waals surface area contributed by atoms with E-state index in [-0.39, 0.29) is 11.8 Å². The molecule has 2 aliphatic rings. The van der Waals surface area contributed by atoms with Gasteiger partial charge in [0, 0.05) is 3.92 Å². The van der Waals surface area contributed by atoms with Crippen molar-refractivity contribution in [3.8, 4) is 0 Å². The Labute approximate surface area is 168 Å². The molecule has 0 amide bonds. The molecule has 0 aliphatic heterocycles. The summed E-state index contributed by atoms with van der Waals surface area (Å²) in [4.78, 5) is 0. The molecule has 2 saturated carbocycles. The molecule has 0 bridgehead atoms. The van der Waals surface area contributed by atoms with Gasteiger partial charge in [-0.25, -0.2) is 8.78 Å². The highest BCUT2D eigenvalue weighted by atomic mass is 127. The molecule has 2 aliphatic carbocycles. The van der Waals surface area contributed by atoms with Crippen molar-refractivity contribution in [1.82, 2.24) is 0 Å². The Bertz CT molecular complexity index is 354. The molecule has 0 N–H and O–H groups in total. The van der Waals surface area contributed by atoms with Gasteiger partial charge >= 0.3 is 0 Å². The van der Waals surface area contributed by atoms with Crippen molar-refractivity contribution >= 4 is 22.6 Å². The van der Waals surface area contributed by atoms with Crippen LogP contribution in [0.5, 0.6) is 0 Å². The van der Waals surface area contributed by atoms with Crippen molar-refractivity contribution in [2.45, 2.75) is 114 Å². The summed E-state index contributed by atoms with van der Waals surface area (Å²) >= 11 is 2.62. The number of halogens is 3. The second-order valence-electron chi connectivity index (χ2n) is 8.98. The lowest BCUT2D eigenvalue weighted by Gasteiger charge is -2.35. The second kappa shape index (κ2) is 11.4. The first-order chi connectivity index (χ1) is 12.0. The van der Waals surface area contributed by atoms with Gasteiger partial charge in [0.2, 0.25) is 0 Å². The summed E-state index contributed by atoms with van der Waals surface area (Å²) in [7, 11) is 0.